The molecule has 1 fully saturated rings. The third-order valence-corrected chi connectivity index (χ3v) is 3.03. The molecule has 0 aliphatic carbocycles. The number of amides is 1. The van der Waals surface area contributed by atoms with Gasteiger partial charge in [0.25, 0.3) is 0 Å². The fourth-order valence-electron chi connectivity index (χ4n) is 1.41. The molecular weight excluding hydrogens is 305 g/mol. The van der Waals surface area contributed by atoms with Crippen LogP contribution < -0.4 is 5.32 Å². The van der Waals surface area contributed by atoms with E-state index in [0.29, 0.717) is 12.3 Å². The Morgan fingerprint density at radius 3 is 2.60 bits per heavy atom. The Balaban J connectivity index is 1.84. The number of carbonyl (C=O) groups is 1. The lowest BCUT2D eigenvalue weighted by molar-refractivity contribution is -0.121. The highest BCUT2D eigenvalue weighted by molar-refractivity contribution is 14.1. The van der Waals surface area contributed by atoms with Gasteiger partial charge in [0.2, 0.25) is 5.91 Å². The zero-order valence-corrected chi connectivity index (χ0v) is 10.4. The Bertz CT molecular complexity index is 346. The quantitative estimate of drug-likeness (QED) is 0.869. The van der Waals surface area contributed by atoms with Crippen LogP contribution in [0.15, 0.2) is 24.3 Å². The Morgan fingerprint density at radius 2 is 2.07 bits per heavy atom. The summed E-state index contributed by atoms with van der Waals surface area (Å²) in [6.07, 6.45) is 0.561. The number of carbonyl (C=O) groups excluding carboxylic acids is 1. The molecule has 0 spiro atoms. The summed E-state index contributed by atoms with van der Waals surface area (Å²) >= 11 is 2.24. The molecule has 1 saturated heterocycles. The minimum atomic E-state index is 0.0736. The van der Waals surface area contributed by atoms with Crippen molar-refractivity contribution in [3.8, 4) is 0 Å². The number of ether oxygens (including phenoxy) is 1. The summed E-state index contributed by atoms with van der Waals surface area (Å²) in [4.78, 5) is 11.5. The summed E-state index contributed by atoms with van der Waals surface area (Å²) in [5.41, 5.74) is 0.862. The monoisotopic (exact) mass is 317 g/mol. The van der Waals surface area contributed by atoms with Gasteiger partial charge in [0.15, 0.2) is 0 Å². The predicted octanol–water partition coefficient (Wildman–Crippen LogP) is 2.27. The van der Waals surface area contributed by atoms with Gasteiger partial charge in [-0.25, -0.2) is 0 Å². The molecule has 0 saturated carbocycles. The highest BCUT2D eigenvalue weighted by atomic mass is 127. The van der Waals surface area contributed by atoms with Crippen LogP contribution in [-0.4, -0.2) is 19.1 Å². The van der Waals surface area contributed by atoms with E-state index in [-0.39, 0.29) is 5.91 Å². The van der Waals surface area contributed by atoms with Crippen LogP contribution >= 0.6 is 22.6 Å². The summed E-state index contributed by atoms with van der Waals surface area (Å²) in [5, 5.41) is 2.87. The molecule has 0 aromatic heterocycles. The lowest BCUT2D eigenvalue weighted by atomic mass is 10.0. The van der Waals surface area contributed by atoms with Crippen LogP contribution in [0.1, 0.15) is 6.42 Å². The van der Waals surface area contributed by atoms with Gasteiger partial charge in [0, 0.05) is 21.6 Å². The molecule has 1 heterocycles. The van der Waals surface area contributed by atoms with Gasteiger partial charge in [-0.2, -0.15) is 0 Å². The fourth-order valence-corrected chi connectivity index (χ4v) is 1.77. The predicted molar refractivity (Wildman–Crippen MR) is 66.7 cm³/mol. The Hall–Kier alpha value is -0.620. The van der Waals surface area contributed by atoms with Crippen LogP contribution in [0.25, 0.3) is 0 Å². The van der Waals surface area contributed by atoms with Crippen LogP contribution in [0.3, 0.4) is 0 Å². The van der Waals surface area contributed by atoms with Gasteiger partial charge in [-0.15, -0.1) is 0 Å². The second-order valence-corrected chi connectivity index (χ2v) is 4.91. The van der Waals surface area contributed by atoms with Crippen LogP contribution in [0.5, 0.6) is 0 Å². The summed E-state index contributed by atoms with van der Waals surface area (Å²) in [7, 11) is 0. The van der Waals surface area contributed by atoms with Gasteiger partial charge in [-0.1, -0.05) is 0 Å². The molecule has 3 nitrogen and oxygen atoms in total. The molecule has 2 rings (SSSR count). The summed E-state index contributed by atoms with van der Waals surface area (Å²) < 4.78 is 6.19. The van der Waals surface area contributed by atoms with Crippen molar-refractivity contribution in [2.45, 2.75) is 6.42 Å². The lowest BCUT2D eigenvalue weighted by Gasteiger charge is -2.25. The van der Waals surface area contributed by atoms with E-state index in [0.717, 1.165) is 22.5 Å². The maximum atomic E-state index is 11.5. The molecule has 1 aliphatic heterocycles. The average Bonchev–Trinajstić information content (AvgIpc) is 2.16. The fraction of sp³-hybridized carbons (Fsp3) is 0.364. The molecule has 1 aromatic rings. The van der Waals surface area contributed by atoms with Crippen LogP contribution in [0, 0.1) is 9.49 Å². The summed E-state index contributed by atoms with van der Waals surface area (Å²) in [5.74, 6) is 0.485. The van der Waals surface area contributed by atoms with Crippen molar-refractivity contribution in [1.29, 1.82) is 0 Å². The normalized spacial score (nSPS) is 15.8. The van der Waals surface area contributed by atoms with Crippen molar-refractivity contribution in [2.24, 2.45) is 5.92 Å². The molecule has 0 bridgehead atoms. The third-order valence-electron chi connectivity index (χ3n) is 2.31. The largest absolute Gasteiger partial charge is 0.381 e. The van der Waals surface area contributed by atoms with Crippen molar-refractivity contribution in [3.63, 3.8) is 0 Å². The third kappa shape index (κ3) is 3.17. The molecule has 0 atom stereocenters. The van der Waals surface area contributed by atoms with E-state index in [4.69, 9.17) is 4.74 Å². The van der Waals surface area contributed by atoms with Crippen molar-refractivity contribution in [1.82, 2.24) is 0 Å². The number of hydrogen-bond donors (Lipinski definition) is 1. The number of nitrogens with one attached hydrogen (secondary N) is 1. The molecule has 1 N–H and O–H groups in total. The van der Waals surface area contributed by atoms with E-state index in [1.165, 1.54) is 0 Å². The first-order valence-corrected chi connectivity index (χ1v) is 5.95. The Labute approximate surface area is 102 Å². The molecular formula is C11H12INO2. The van der Waals surface area contributed by atoms with Gasteiger partial charge in [-0.3, -0.25) is 4.79 Å². The van der Waals surface area contributed by atoms with E-state index in [2.05, 4.69) is 27.9 Å². The molecule has 15 heavy (non-hydrogen) atoms. The van der Waals surface area contributed by atoms with Crippen molar-refractivity contribution < 1.29 is 9.53 Å². The molecule has 4 heteroatoms. The molecule has 80 valence electrons. The van der Waals surface area contributed by atoms with Gasteiger partial charge >= 0.3 is 0 Å². The van der Waals surface area contributed by atoms with E-state index < -0.39 is 0 Å². The summed E-state index contributed by atoms with van der Waals surface area (Å²) in [6, 6.07) is 7.78. The van der Waals surface area contributed by atoms with Gasteiger partial charge in [0.05, 0.1) is 13.2 Å². The van der Waals surface area contributed by atoms with Crippen molar-refractivity contribution in [3.05, 3.63) is 27.8 Å². The Kier molecular flexibility index (Phi) is 3.58. The lowest BCUT2D eigenvalue weighted by Crippen LogP contribution is -2.31. The molecule has 1 amide bonds. The average molecular weight is 317 g/mol. The standard InChI is InChI=1S/C11H12INO2/c12-9-1-3-10(4-2-9)13-11(14)5-8-6-15-7-8/h1-4,8H,5-7H2,(H,13,14). The first-order valence-electron chi connectivity index (χ1n) is 4.87. The number of anilines is 1. The minimum Gasteiger partial charge on any atom is -0.381 e. The smallest absolute Gasteiger partial charge is 0.224 e. The second-order valence-electron chi connectivity index (χ2n) is 3.66. The van der Waals surface area contributed by atoms with E-state index in [9.17, 15) is 4.79 Å². The topological polar surface area (TPSA) is 38.3 Å². The van der Waals surface area contributed by atoms with Crippen molar-refractivity contribution >= 4 is 34.2 Å². The zero-order chi connectivity index (χ0) is 10.7. The SMILES string of the molecule is O=C(CC1COC1)Nc1ccc(I)cc1. The van der Waals surface area contributed by atoms with E-state index >= 15 is 0 Å². The highest BCUT2D eigenvalue weighted by Gasteiger charge is 2.21. The molecule has 1 aromatic carbocycles. The van der Waals surface area contributed by atoms with Crippen LogP contribution in [-0.2, 0) is 9.53 Å². The van der Waals surface area contributed by atoms with Crippen molar-refractivity contribution in [2.75, 3.05) is 18.5 Å². The Morgan fingerprint density at radius 1 is 1.40 bits per heavy atom. The zero-order valence-electron chi connectivity index (χ0n) is 8.20. The first-order chi connectivity index (χ1) is 7.24. The number of benzene rings is 1. The maximum absolute atomic E-state index is 11.5. The van der Waals surface area contributed by atoms with Crippen LogP contribution in [0.2, 0.25) is 0 Å². The first kappa shape index (κ1) is 10.9. The minimum absolute atomic E-state index is 0.0736. The van der Waals surface area contributed by atoms with E-state index in [1.807, 2.05) is 24.3 Å². The van der Waals surface area contributed by atoms with Crippen LogP contribution in [0.4, 0.5) is 5.69 Å². The number of halogens is 1. The number of hydrogen-bond acceptors (Lipinski definition) is 2. The second kappa shape index (κ2) is 4.94. The molecule has 1 aliphatic rings. The maximum Gasteiger partial charge on any atom is 0.224 e. The van der Waals surface area contributed by atoms with Gasteiger partial charge in [0.1, 0.15) is 0 Å². The number of rotatable bonds is 3. The molecule has 0 radical (unpaired) electrons. The van der Waals surface area contributed by atoms with Gasteiger partial charge < -0.3 is 10.1 Å². The molecule has 0 unspecified atom stereocenters. The van der Waals surface area contributed by atoms with E-state index in [1.54, 1.807) is 0 Å². The highest BCUT2D eigenvalue weighted by Crippen LogP contribution is 2.16. The summed E-state index contributed by atoms with van der Waals surface area (Å²) in [6.45, 7) is 1.44. The van der Waals surface area contributed by atoms with Gasteiger partial charge in [-0.05, 0) is 46.9 Å².